The molecule has 0 amide bonds. The molecule has 0 atom stereocenters. The molecular weight excluding hydrogens is 172 g/mol. The lowest BCUT2D eigenvalue weighted by molar-refractivity contribution is 0.448. The molecule has 1 aromatic rings. The molecule has 6 heteroatoms. The van der Waals surface area contributed by atoms with Gasteiger partial charge in [-0.2, -0.15) is 0 Å². The van der Waals surface area contributed by atoms with Gasteiger partial charge < -0.3 is 10.0 Å². The largest absolute Gasteiger partial charge is 0.432 e. The second-order valence-corrected chi connectivity index (χ2v) is 1.70. The monoisotopic (exact) mass is 178 g/mol. The highest BCUT2D eigenvalue weighted by molar-refractivity contribution is 6.13. The minimum atomic E-state index is -1.16. The third-order valence-corrected chi connectivity index (χ3v) is 0.882. The Morgan fingerprint density at radius 3 is 1.83 bits per heavy atom. The van der Waals surface area contributed by atoms with Crippen molar-refractivity contribution in [2.24, 2.45) is 0 Å². The average molecular weight is 178 g/mol. The van der Waals surface area contributed by atoms with Gasteiger partial charge in [0, 0.05) is 6.07 Å². The average Bonchev–Trinajstić information content (AvgIpc) is 1.99. The molecule has 0 unspecified atom stereocenters. The zero-order valence-corrected chi connectivity index (χ0v) is 5.97. The van der Waals surface area contributed by atoms with Crippen LogP contribution in [0.25, 0.3) is 0 Å². The maximum Gasteiger partial charge on any atom is 0.432 e. The molecule has 0 saturated heterocycles. The van der Waals surface area contributed by atoms with Crippen molar-refractivity contribution in [1.29, 1.82) is 0 Å². The van der Waals surface area contributed by atoms with Crippen LogP contribution in [0.2, 0.25) is 0 Å². The van der Waals surface area contributed by atoms with Crippen LogP contribution in [0.1, 0.15) is 0 Å². The van der Waals surface area contributed by atoms with Crippen molar-refractivity contribution < 1.29 is 23.2 Å². The van der Waals surface area contributed by atoms with Crippen molar-refractivity contribution in [2.75, 3.05) is 0 Å². The van der Waals surface area contributed by atoms with E-state index >= 15 is 0 Å². The van der Waals surface area contributed by atoms with Crippen molar-refractivity contribution in [2.45, 2.75) is 0 Å². The van der Waals surface area contributed by atoms with Gasteiger partial charge >= 0.3 is 7.69 Å². The lowest BCUT2D eigenvalue weighted by Crippen LogP contribution is -1.83. The lowest BCUT2D eigenvalue weighted by Gasteiger charge is -1.88. The van der Waals surface area contributed by atoms with Crippen LogP contribution in [-0.2, 0) is 0 Å². The van der Waals surface area contributed by atoms with E-state index in [9.17, 15) is 13.2 Å². The predicted octanol–water partition coefficient (Wildman–Crippen LogP) is 0.341. The standard InChI is InChI=1S/C6H3F3.BH3O2/c7-4-1-2-5(8)6(9)3-4;2-1-3/h1-3H;1-3H. The van der Waals surface area contributed by atoms with E-state index in [-0.39, 0.29) is 0 Å². The van der Waals surface area contributed by atoms with Crippen LogP contribution in [-0.4, -0.2) is 17.7 Å². The quantitative estimate of drug-likeness (QED) is 0.444. The molecule has 2 N–H and O–H groups in total. The molecule has 2 nitrogen and oxygen atoms in total. The number of benzene rings is 1. The third-order valence-electron chi connectivity index (χ3n) is 0.882. The molecule has 1 rings (SSSR count). The minimum Gasteiger partial charge on any atom is -0.430 e. The van der Waals surface area contributed by atoms with Gasteiger partial charge in [-0.1, -0.05) is 0 Å². The first kappa shape index (κ1) is 11.0. The van der Waals surface area contributed by atoms with Crippen molar-refractivity contribution >= 4 is 7.69 Å². The van der Waals surface area contributed by atoms with E-state index in [0.29, 0.717) is 6.07 Å². The van der Waals surface area contributed by atoms with E-state index in [1.165, 1.54) is 0 Å². The van der Waals surface area contributed by atoms with Gasteiger partial charge in [0.05, 0.1) is 0 Å². The number of halogens is 3. The van der Waals surface area contributed by atoms with Crippen LogP contribution in [0.3, 0.4) is 0 Å². The van der Waals surface area contributed by atoms with Crippen LogP contribution in [0.4, 0.5) is 13.2 Å². The highest BCUT2D eigenvalue weighted by Crippen LogP contribution is 2.05. The van der Waals surface area contributed by atoms with Crippen molar-refractivity contribution in [3.63, 3.8) is 0 Å². The first-order valence-corrected chi connectivity index (χ1v) is 2.94. The summed E-state index contributed by atoms with van der Waals surface area (Å²) in [6.07, 6.45) is 0. The summed E-state index contributed by atoms with van der Waals surface area (Å²) in [5.41, 5.74) is 0. The van der Waals surface area contributed by atoms with Crippen molar-refractivity contribution in [1.82, 2.24) is 0 Å². The second-order valence-electron chi connectivity index (χ2n) is 1.70. The van der Waals surface area contributed by atoms with Crippen LogP contribution < -0.4 is 0 Å². The molecule has 0 spiro atoms. The number of rotatable bonds is 0. The third kappa shape index (κ3) is 4.00. The molecule has 0 aliphatic rings. The lowest BCUT2D eigenvalue weighted by atomic mass is 10.3. The molecule has 12 heavy (non-hydrogen) atoms. The van der Waals surface area contributed by atoms with Crippen molar-refractivity contribution in [3.05, 3.63) is 35.7 Å². The van der Waals surface area contributed by atoms with Crippen LogP contribution in [0.5, 0.6) is 0 Å². The Labute approximate surface area is 67.6 Å². The smallest absolute Gasteiger partial charge is 0.430 e. The number of hydrogen-bond acceptors (Lipinski definition) is 2. The fourth-order valence-corrected chi connectivity index (χ4v) is 0.470. The molecule has 0 radical (unpaired) electrons. The van der Waals surface area contributed by atoms with Gasteiger partial charge in [-0.05, 0) is 12.1 Å². The first-order valence-electron chi connectivity index (χ1n) is 2.94. The summed E-state index contributed by atoms with van der Waals surface area (Å²) in [6, 6.07) is 2.10. The van der Waals surface area contributed by atoms with Crippen molar-refractivity contribution in [3.8, 4) is 0 Å². The van der Waals surface area contributed by atoms with Gasteiger partial charge in [-0.25, -0.2) is 13.2 Å². The summed E-state index contributed by atoms with van der Waals surface area (Å²) in [6.45, 7) is 0. The van der Waals surface area contributed by atoms with Crippen LogP contribution in [0.15, 0.2) is 18.2 Å². The second kappa shape index (κ2) is 5.62. The summed E-state index contributed by atoms with van der Waals surface area (Å²) in [5.74, 6) is -2.96. The van der Waals surface area contributed by atoms with E-state index in [2.05, 4.69) is 0 Å². The van der Waals surface area contributed by atoms with E-state index < -0.39 is 25.1 Å². The van der Waals surface area contributed by atoms with E-state index in [4.69, 9.17) is 10.0 Å². The molecule has 0 aliphatic carbocycles. The Balaban J connectivity index is 0.000000354. The topological polar surface area (TPSA) is 40.5 Å². The fraction of sp³-hybridized carbons (Fsp3) is 0. The Morgan fingerprint density at radius 2 is 1.50 bits per heavy atom. The van der Waals surface area contributed by atoms with Gasteiger partial charge in [0.2, 0.25) is 0 Å². The maximum absolute atomic E-state index is 12.0. The Morgan fingerprint density at radius 1 is 1.00 bits per heavy atom. The molecule has 0 heterocycles. The summed E-state index contributed by atoms with van der Waals surface area (Å²) < 4.78 is 35.9. The van der Waals surface area contributed by atoms with Gasteiger partial charge in [0.1, 0.15) is 5.82 Å². The first-order chi connectivity index (χ1) is 5.61. The molecule has 0 fully saturated rings. The minimum absolute atomic E-state index is 0.495. The van der Waals surface area contributed by atoms with E-state index in [0.717, 1.165) is 12.1 Å². The molecule has 1 aromatic carbocycles. The summed E-state index contributed by atoms with van der Waals surface area (Å²) in [4.78, 5) is 0. The number of hydrogen-bond donors (Lipinski definition) is 2. The maximum atomic E-state index is 12.0. The predicted molar refractivity (Wildman–Crippen MR) is 37.9 cm³/mol. The highest BCUT2D eigenvalue weighted by atomic mass is 19.2. The molecule has 0 aliphatic heterocycles. The fourth-order valence-electron chi connectivity index (χ4n) is 0.470. The highest BCUT2D eigenvalue weighted by Gasteiger charge is 1.99. The summed E-state index contributed by atoms with van der Waals surface area (Å²) in [5, 5.41) is 14.2. The van der Waals surface area contributed by atoms with E-state index in [1.54, 1.807) is 0 Å². The summed E-state index contributed by atoms with van der Waals surface area (Å²) in [7, 11) is -0.750. The molecule has 0 bridgehead atoms. The SMILES string of the molecule is Fc1ccc(F)c(F)c1.OBO. The molecule has 66 valence electrons. The zero-order chi connectivity index (χ0) is 9.56. The molecular formula is C6H6BF3O2. The van der Waals surface area contributed by atoms with Gasteiger partial charge in [-0.15, -0.1) is 0 Å². The van der Waals surface area contributed by atoms with Gasteiger partial charge in [0.15, 0.2) is 11.6 Å². The van der Waals surface area contributed by atoms with Gasteiger partial charge in [-0.3, -0.25) is 0 Å². The zero-order valence-electron chi connectivity index (χ0n) is 5.97. The Bertz CT molecular complexity index is 244. The van der Waals surface area contributed by atoms with E-state index in [1.807, 2.05) is 0 Å². The Hall–Kier alpha value is -1.01. The van der Waals surface area contributed by atoms with Crippen LogP contribution in [0, 0.1) is 17.5 Å². The normalized spacial score (nSPS) is 8.42. The van der Waals surface area contributed by atoms with Gasteiger partial charge in [0.25, 0.3) is 0 Å². The Kier molecular flexibility index (Phi) is 5.15. The molecule has 0 saturated carbocycles. The summed E-state index contributed by atoms with van der Waals surface area (Å²) >= 11 is 0. The molecule has 0 aromatic heterocycles. The van der Waals surface area contributed by atoms with Crippen LogP contribution >= 0.6 is 0 Å².